The number of carbonyl (C=O) groups excluding carboxylic acids is 3. The maximum absolute atomic E-state index is 17.4. The van der Waals surface area contributed by atoms with E-state index < -0.39 is 35.0 Å². The molecule has 12 rings (SSSR count). The molecule has 4 aliphatic heterocycles. The third kappa shape index (κ3) is 8.91. The average molecular weight is 1010 g/mol. The fourth-order valence-electron chi connectivity index (χ4n) is 12.3. The van der Waals surface area contributed by atoms with Gasteiger partial charge in [-0.2, -0.15) is 26.6 Å². The lowest BCUT2D eigenvalue weighted by Gasteiger charge is -2.50. The van der Waals surface area contributed by atoms with Gasteiger partial charge in [0.1, 0.15) is 24.1 Å². The number of nitrogens with zero attached hydrogens (tertiary/aromatic N) is 10. The molecule has 3 saturated carbocycles. The number of carbonyl (C=O) groups is 3. The number of ether oxygens (including phenoxy) is 1. The highest BCUT2D eigenvalue weighted by Crippen LogP contribution is 2.59. The van der Waals surface area contributed by atoms with Crippen molar-refractivity contribution in [2.75, 3.05) is 69.7 Å². The Labute approximate surface area is 419 Å². The molecule has 3 atom stereocenters. The number of anilines is 2. The van der Waals surface area contributed by atoms with E-state index >= 15 is 4.39 Å². The van der Waals surface area contributed by atoms with Crippen LogP contribution in [0.25, 0.3) is 16.6 Å². The van der Waals surface area contributed by atoms with Crippen LogP contribution < -0.4 is 15.5 Å². The highest BCUT2D eigenvalue weighted by Gasteiger charge is 2.60. The number of benzene rings is 1. The van der Waals surface area contributed by atoms with Gasteiger partial charge in [0.05, 0.1) is 46.7 Å². The standard InChI is InChI=1S/C52H61F3N12O4S/c1-62-25-33(26-62)34-27-64(28-34)41-16-20-65-47(58-41)39(23-56-65)49(70)57-40-29-66(60-44(40)46(53)54)35-10-8-31(9-11-35)24-63-21-19-51(17-18-51)50(52(55,30-63)72-2)71-22-4-6-32-5-3-7-37-43(38-14-15-42(68)59-48(38)69)61-67(45(32)37)36-12-13-36/h3,5,7,16,20,23,29,31,33-36,38,46,50,72H,2,8-15,17-19,21-22,24-28,30H2,1H3,(H,57,70)(H,59,68,69)/t31-,35-,38?,50-,52+/m1/s1. The van der Waals surface area contributed by atoms with Gasteiger partial charge < -0.3 is 19.9 Å². The van der Waals surface area contributed by atoms with Crippen molar-refractivity contribution >= 4 is 63.0 Å². The minimum atomic E-state index is -2.90. The van der Waals surface area contributed by atoms with Gasteiger partial charge in [0.25, 0.3) is 12.3 Å². The van der Waals surface area contributed by atoms with Gasteiger partial charge in [-0.05, 0) is 108 Å². The Morgan fingerprint density at radius 1 is 1.01 bits per heavy atom. The fourth-order valence-corrected chi connectivity index (χ4v) is 13.1. The molecule has 1 aromatic carbocycles. The SMILES string of the molecule is C=[SH][C@@]1(F)CN(C[C@H]2CC[C@H](n3cc(NC(=O)c4cnn5ccc(N6CC(C7CN(C)C7)C6)nc45)c(C(F)F)n3)CC2)CCC2(CC2)[C@H]1OCC#Cc1cccc2c(C3CCC(=O)NC3=O)nn(C3CC3)c12. The lowest BCUT2D eigenvalue weighted by Crippen LogP contribution is -2.58. The number of amides is 3. The number of aromatic nitrogens is 7. The van der Waals surface area contributed by atoms with E-state index in [1.54, 1.807) is 10.9 Å². The summed E-state index contributed by atoms with van der Waals surface area (Å²) in [5.74, 6) is 11.3. The van der Waals surface area contributed by atoms with Crippen LogP contribution in [-0.2, 0) is 14.3 Å². The minimum absolute atomic E-state index is 0.0318. The maximum Gasteiger partial charge on any atom is 0.284 e. The van der Waals surface area contributed by atoms with Crippen molar-refractivity contribution in [3.63, 3.8) is 0 Å². The van der Waals surface area contributed by atoms with Gasteiger partial charge in [0, 0.05) is 68.9 Å². The quantitative estimate of drug-likeness (QED) is 0.0509. The van der Waals surface area contributed by atoms with Crippen LogP contribution in [-0.4, -0.2) is 138 Å². The van der Waals surface area contributed by atoms with E-state index in [0.29, 0.717) is 60.3 Å². The number of para-hydroxylation sites is 1. The van der Waals surface area contributed by atoms with Gasteiger partial charge in [-0.15, -0.1) is 0 Å². The molecule has 72 heavy (non-hydrogen) atoms. The van der Waals surface area contributed by atoms with Crippen molar-refractivity contribution in [2.45, 2.75) is 106 Å². The number of imide groups is 1. The summed E-state index contributed by atoms with van der Waals surface area (Å²) in [6.07, 6.45) is 9.46. The van der Waals surface area contributed by atoms with Crippen molar-refractivity contribution < 1.29 is 32.3 Å². The number of alkyl halides is 3. The first-order chi connectivity index (χ1) is 34.8. The molecule has 4 saturated heterocycles. The Kier molecular flexibility index (Phi) is 12.3. The number of rotatable bonds is 13. The van der Waals surface area contributed by atoms with E-state index in [4.69, 9.17) is 14.8 Å². The summed E-state index contributed by atoms with van der Waals surface area (Å²) in [6, 6.07) is 7.80. The second-order valence-corrected chi connectivity index (χ2v) is 22.7. The van der Waals surface area contributed by atoms with Crippen LogP contribution in [0.1, 0.15) is 122 Å². The fraction of sp³-hybridized carbons (Fsp3) is 0.577. The van der Waals surface area contributed by atoms with Crippen molar-refractivity contribution in [3.05, 3.63) is 65.4 Å². The van der Waals surface area contributed by atoms with E-state index in [9.17, 15) is 23.2 Å². The Balaban J connectivity index is 0.671. The summed E-state index contributed by atoms with van der Waals surface area (Å²) in [5, 5.41) is 17.9. The molecule has 20 heteroatoms. The molecule has 3 amide bonds. The van der Waals surface area contributed by atoms with Gasteiger partial charge in [-0.25, -0.2) is 22.7 Å². The summed E-state index contributed by atoms with van der Waals surface area (Å²) >= 11 is 0.366. The Morgan fingerprint density at radius 2 is 1.79 bits per heavy atom. The molecule has 7 aliphatic rings. The number of likely N-dealkylation sites (tertiary alicyclic amines) is 2. The van der Waals surface area contributed by atoms with Crippen LogP contribution in [0.2, 0.25) is 0 Å². The summed E-state index contributed by atoms with van der Waals surface area (Å²) in [6.45, 7) is 5.75. The molecule has 16 nitrogen and oxygen atoms in total. The molecule has 3 aliphatic carbocycles. The van der Waals surface area contributed by atoms with Crippen LogP contribution in [0, 0.1) is 35.0 Å². The summed E-state index contributed by atoms with van der Waals surface area (Å²) in [5.41, 5.74) is 2.08. The second-order valence-electron chi connectivity index (χ2n) is 21.7. The van der Waals surface area contributed by atoms with Gasteiger partial charge in [-0.3, -0.25) is 34.0 Å². The van der Waals surface area contributed by atoms with Crippen molar-refractivity contribution in [3.8, 4) is 11.8 Å². The summed E-state index contributed by atoms with van der Waals surface area (Å²) < 4.78 is 58.0. The molecular weight excluding hydrogens is 946 g/mol. The largest absolute Gasteiger partial charge is 0.361 e. The molecule has 0 radical (unpaired) electrons. The summed E-state index contributed by atoms with van der Waals surface area (Å²) in [4.78, 5) is 50.0. The molecule has 1 spiro atoms. The topological polar surface area (TPSA) is 160 Å². The van der Waals surface area contributed by atoms with Crippen LogP contribution in [0.15, 0.2) is 42.9 Å². The molecule has 5 aromatic rings. The van der Waals surface area contributed by atoms with E-state index in [2.05, 4.69) is 60.3 Å². The van der Waals surface area contributed by atoms with Crippen LogP contribution in [0.4, 0.5) is 24.7 Å². The van der Waals surface area contributed by atoms with Gasteiger partial charge in [-0.1, -0.05) is 29.8 Å². The molecule has 1 unspecified atom stereocenters. The van der Waals surface area contributed by atoms with Crippen LogP contribution >= 0.6 is 11.4 Å². The number of thiol groups is 1. The van der Waals surface area contributed by atoms with E-state index in [1.165, 1.54) is 16.9 Å². The zero-order valence-corrected chi connectivity index (χ0v) is 41.4. The van der Waals surface area contributed by atoms with Crippen molar-refractivity contribution in [1.29, 1.82) is 0 Å². The summed E-state index contributed by atoms with van der Waals surface area (Å²) in [7, 11) is 2.13. The number of piperidine rings is 1. The third-order valence-electron chi connectivity index (χ3n) is 16.8. The maximum atomic E-state index is 17.4. The van der Waals surface area contributed by atoms with E-state index in [-0.39, 0.29) is 66.1 Å². The lowest BCUT2D eigenvalue weighted by atomic mass is 9.81. The molecular formula is C52H61F3N12O4S. The van der Waals surface area contributed by atoms with Gasteiger partial charge >= 0.3 is 0 Å². The van der Waals surface area contributed by atoms with Gasteiger partial charge in [0.15, 0.2) is 16.3 Å². The predicted octanol–water partition coefficient (Wildman–Crippen LogP) is 6.54. The normalized spacial score (nSPS) is 27.2. The lowest BCUT2D eigenvalue weighted by molar-refractivity contribution is -0.134. The highest BCUT2D eigenvalue weighted by molar-refractivity contribution is 7.97. The molecule has 7 fully saturated rings. The van der Waals surface area contributed by atoms with Crippen LogP contribution in [0.5, 0.6) is 0 Å². The number of hydrogen-bond acceptors (Lipinski definition) is 11. The molecule has 0 bridgehead atoms. The smallest absolute Gasteiger partial charge is 0.284 e. The molecule has 4 aromatic heterocycles. The monoisotopic (exact) mass is 1010 g/mol. The highest BCUT2D eigenvalue weighted by atomic mass is 32.1. The number of hydrogen-bond donors (Lipinski definition) is 3. The predicted molar refractivity (Wildman–Crippen MR) is 268 cm³/mol. The zero-order valence-electron chi connectivity index (χ0n) is 40.5. The van der Waals surface area contributed by atoms with E-state index in [0.717, 1.165) is 100.0 Å². The first-order valence-corrected chi connectivity index (χ1v) is 26.7. The first kappa shape index (κ1) is 47.4. The molecule has 2 N–H and O–H groups in total. The Morgan fingerprint density at radius 3 is 2.51 bits per heavy atom. The number of fused-ring (bicyclic) bond motifs is 2. The minimum Gasteiger partial charge on any atom is -0.361 e. The third-order valence-corrected chi connectivity index (χ3v) is 17.7. The Hall–Kier alpha value is -5.62. The second kappa shape index (κ2) is 18.7. The number of nitrogens with one attached hydrogen (secondary N) is 2. The average Bonchev–Trinajstić information content (AvgIpc) is 4.22. The molecule has 380 valence electrons. The van der Waals surface area contributed by atoms with Crippen LogP contribution in [0.3, 0.4) is 0 Å². The van der Waals surface area contributed by atoms with E-state index in [1.807, 2.05) is 28.9 Å². The zero-order chi connectivity index (χ0) is 49.5. The van der Waals surface area contributed by atoms with Gasteiger partial charge in [0.2, 0.25) is 11.8 Å². The van der Waals surface area contributed by atoms with Crippen molar-refractivity contribution in [1.82, 2.24) is 49.3 Å². The first-order valence-electron chi connectivity index (χ1n) is 25.7. The molecule has 8 heterocycles. The number of halogens is 3. The van der Waals surface area contributed by atoms with Crippen molar-refractivity contribution in [2.24, 2.45) is 23.2 Å². The Bertz CT molecular complexity index is 3010.